The third-order valence-electron chi connectivity index (χ3n) is 4.58. The van der Waals surface area contributed by atoms with E-state index in [1.165, 1.54) is 0 Å². The van der Waals surface area contributed by atoms with Crippen molar-refractivity contribution < 1.29 is 13.5 Å². The number of nitrogens with one attached hydrogen (secondary N) is 2. The first-order valence-electron chi connectivity index (χ1n) is 9.39. The molecule has 0 unspecified atom stereocenters. The van der Waals surface area contributed by atoms with Gasteiger partial charge >= 0.3 is 0 Å². The number of methoxy groups -OCH3 is 1. The number of ether oxygens (including phenoxy) is 1. The second-order valence-corrected chi connectivity index (χ2v) is 6.99. The molecule has 0 spiro atoms. The topological polar surface area (TPSA) is 48.9 Å². The van der Waals surface area contributed by atoms with Crippen LogP contribution in [-0.4, -0.2) is 63.2 Å². The predicted molar refractivity (Wildman–Crippen MR) is 106 cm³/mol. The smallest absolute Gasteiger partial charge is 0.251 e. The first kappa shape index (κ1) is 21.7. The average Bonchev–Trinajstić information content (AvgIpc) is 2.64. The number of benzene rings is 1. The van der Waals surface area contributed by atoms with Crippen molar-refractivity contribution in [1.82, 2.24) is 15.5 Å². The molecule has 0 aromatic heterocycles. The number of rotatable bonds is 8. The summed E-state index contributed by atoms with van der Waals surface area (Å²) in [5, 5.41) is 7.34. The highest BCUT2D eigenvalue weighted by Crippen LogP contribution is 2.22. The molecular weight excluding hydrogens is 374 g/mol. The van der Waals surface area contributed by atoms with E-state index in [4.69, 9.17) is 16.3 Å². The van der Waals surface area contributed by atoms with Crippen molar-refractivity contribution in [2.24, 2.45) is 4.99 Å². The van der Waals surface area contributed by atoms with E-state index in [9.17, 15) is 8.78 Å². The zero-order chi connectivity index (χ0) is 19.6. The van der Waals surface area contributed by atoms with Crippen molar-refractivity contribution in [3.05, 3.63) is 28.8 Å². The monoisotopic (exact) mass is 402 g/mol. The Bertz CT molecular complexity index is 607. The highest BCUT2D eigenvalue weighted by molar-refractivity contribution is 6.31. The zero-order valence-corrected chi connectivity index (χ0v) is 16.7. The van der Waals surface area contributed by atoms with Crippen LogP contribution in [0.3, 0.4) is 0 Å². The molecule has 0 bridgehead atoms. The first-order valence-corrected chi connectivity index (χ1v) is 9.77. The van der Waals surface area contributed by atoms with E-state index in [2.05, 4.69) is 15.6 Å². The molecule has 0 amide bonds. The molecule has 5 nitrogen and oxygen atoms in total. The van der Waals surface area contributed by atoms with E-state index >= 15 is 0 Å². The summed E-state index contributed by atoms with van der Waals surface area (Å²) >= 11 is 6.27. The van der Waals surface area contributed by atoms with Gasteiger partial charge in [-0.15, -0.1) is 0 Å². The number of hydrogen-bond donors (Lipinski definition) is 2. The van der Waals surface area contributed by atoms with Gasteiger partial charge in [0.25, 0.3) is 6.43 Å². The molecule has 2 rings (SSSR count). The van der Waals surface area contributed by atoms with E-state index in [1.54, 1.807) is 13.2 Å². The van der Waals surface area contributed by atoms with Gasteiger partial charge in [-0.3, -0.25) is 9.89 Å². The maximum absolute atomic E-state index is 12.5. The molecule has 1 heterocycles. The van der Waals surface area contributed by atoms with Gasteiger partial charge < -0.3 is 15.4 Å². The Balaban J connectivity index is 1.84. The van der Waals surface area contributed by atoms with Crippen LogP contribution in [0.25, 0.3) is 0 Å². The molecule has 0 atom stereocenters. The minimum Gasteiger partial charge on any atom is -0.497 e. The van der Waals surface area contributed by atoms with Crippen molar-refractivity contribution in [2.75, 3.05) is 39.8 Å². The normalized spacial score (nSPS) is 16.6. The molecule has 0 aliphatic carbocycles. The number of hydrogen-bond acceptors (Lipinski definition) is 3. The molecule has 27 heavy (non-hydrogen) atoms. The fourth-order valence-corrected chi connectivity index (χ4v) is 3.38. The summed E-state index contributed by atoms with van der Waals surface area (Å²) in [6, 6.07) is 5.90. The Morgan fingerprint density at radius 3 is 2.70 bits per heavy atom. The molecule has 8 heteroatoms. The van der Waals surface area contributed by atoms with E-state index in [0.29, 0.717) is 24.7 Å². The SMILES string of the molecule is CCNC(=NCCc1ccc(OC)cc1Cl)NC1CCN(CC(F)F)CC1. The van der Waals surface area contributed by atoms with Crippen LogP contribution in [0.15, 0.2) is 23.2 Å². The molecule has 1 fully saturated rings. The number of aliphatic imine (C=N–C) groups is 1. The van der Waals surface area contributed by atoms with Gasteiger partial charge in [0.15, 0.2) is 5.96 Å². The summed E-state index contributed by atoms with van der Waals surface area (Å²) < 4.78 is 30.1. The highest BCUT2D eigenvalue weighted by Gasteiger charge is 2.21. The van der Waals surface area contributed by atoms with Gasteiger partial charge in [0.05, 0.1) is 13.7 Å². The number of alkyl halides is 2. The van der Waals surface area contributed by atoms with Gasteiger partial charge in [-0.1, -0.05) is 17.7 Å². The summed E-state index contributed by atoms with van der Waals surface area (Å²) in [5.41, 5.74) is 1.03. The van der Waals surface area contributed by atoms with Crippen LogP contribution in [0.4, 0.5) is 8.78 Å². The molecule has 1 saturated heterocycles. The molecule has 1 aromatic rings. The second kappa shape index (κ2) is 11.3. The third-order valence-corrected chi connectivity index (χ3v) is 4.93. The van der Waals surface area contributed by atoms with Crippen LogP contribution in [0, 0.1) is 0 Å². The number of halogens is 3. The number of nitrogens with zero attached hydrogens (tertiary/aromatic N) is 2. The van der Waals surface area contributed by atoms with E-state index in [1.807, 2.05) is 24.0 Å². The lowest BCUT2D eigenvalue weighted by Gasteiger charge is -2.32. The van der Waals surface area contributed by atoms with E-state index in [0.717, 1.165) is 43.1 Å². The van der Waals surface area contributed by atoms with Crippen LogP contribution in [-0.2, 0) is 6.42 Å². The summed E-state index contributed by atoms with van der Waals surface area (Å²) in [7, 11) is 1.61. The van der Waals surface area contributed by atoms with Crippen LogP contribution in [0.1, 0.15) is 25.3 Å². The van der Waals surface area contributed by atoms with Crippen LogP contribution < -0.4 is 15.4 Å². The van der Waals surface area contributed by atoms with Crippen molar-refractivity contribution in [1.29, 1.82) is 0 Å². The molecule has 1 aromatic carbocycles. The zero-order valence-electron chi connectivity index (χ0n) is 16.0. The van der Waals surface area contributed by atoms with Crippen molar-refractivity contribution >= 4 is 17.6 Å². The molecule has 0 radical (unpaired) electrons. The molecule has 2 N–H and O–H groups in total. The minimum absolute atomic E-state index is 0.135. The lowest BCUT2D eigenvalue weighted by Crippen LogP contribution is -2.49. The molecule has 1 aliphatic heterocycles. The van der Waals surface area contributed by atoms with Gasteiger partial charge in [-0.25, -0.2) is 8.78 Å². The standard InChI is InChI=1S/C19H29ClF2N4O/c1-3-23-19(25-15-7-10-26(11-8-15)13-18(21)22)24-9-6-14-4-5-16(27-2)12-17(14)20/h4-5,12,15,18H,3,6-11,13H2,1-2H3,(H2,23,24,25). The largest absolute Gasteiger partial charge is 0.497 e. The molecular formula is C19H29ClF2N4O. The van der Waals surface area contributed by atoms with E-state index < -0.39 is 6.43 Å². The van der Waals surface area contributed by atoms with Gasteiger partial charge in [0, 0.05) is 37.2 Å². The number of guanidine groups is 1. The van der Waals surface area contributed by atoms with Crippen molar-refractivity contribution in [2.45, 2.75) is 38.7 Å². The van der Waals surface area contributed by atoms with E-state index in [-0.39, 0.29) is 12.6 Å². The lowest BCUT2D eigenvalue weighted by atomic mass is 10.1. The highest BCUT2D eigenvalue weighted by atomic mass is 35.5. The van der Waals surface area contributed by atoms with Crippen molar-refractivity contribution in [3.8, 4) is 5.75 Å². The summed E-state index contributed by atoms with van der Waals surface area (Å²) in [5.74, 6) is 1.50. The second-order valence-electron chi connectivity index (χ2n) is 6.58. The summed E-state index contributed by atoms with van der Waals surface area (Å²) in [6.07, 6.45) is 0.132. The van der Waals surface area contributed by atoms with Crippen molar-refractivity contribution in [3.63, 3.8) is 0 Å². The van der Waals surface area contributed by atoms with Gasteiger partial charge in [0.2, 0.25) is 0 Å². The molecule has 152 valence electrons. The maximum atomic E-state index is 12.5. The number of piperidine rings is 1. The third kappa shape index (κ3) is 7.50. The first-order chi connectivity index (χ1) is 13.0. The molecule has 0 saturated carbocycles. The fraction of sp³-hybridized carbons (Fsp3) is 0.632. The van der Waals surface area contributed by atoms with Gasteiger partial charge in [-0.2, -0.15) is 0 Å². The maximum Gasteiger partial charge on any atom is 0.251 e. The predicted octanol–water partition coefficient (Wildman–Crippen LogP) is 3.18. The minimum atomic E-state index is -2.27. The Morgan fingerprint density at radius 2 is 2.11 bits per heavy atom. The summed E-state index contributed by atoms with van der Waals surface area (Å²) in [6.45, 7) is 4.61. The fourth-order valence-electron chi connectivity index (χ4n) is 3.11. The van der Waals surface area contributed by atoms with Crippen LogP contribution in [0.5, 0.6) is 5.75 Å². The molecule has 1 aliphatic rings. The quantitative estimate of drug-likeness (QED) is 0.518. The average molecular weight is 403 g/mol. The van der Waals surface area contributed by atoms with Crippen LogP contribution >= 0.6 is 11.6 Å². The van der Waals surface area contributed by atoms with Gasteiger partial charge in [0.1, 0.15) is 5.75 Å². The Kier molecular flexibility index (Phi) is 9.07. The Hall–Kier alpha value is -1.60. The van der Waals surface area contributed by atoms with Gasteiger partial charge in [-0.05, 0) is 43.9 Å². The Labute approximate surface area is 165 Å². The lowest BCUT2D eigenvalue weighted by molar-refractivity contribution is 0.0744. The summed E-state index contributed by atoms with van der Waals surface area (Å²) in [4.78, 5) is 6.44. The number of likely N-dealkylation sites (tertiary alicyclic amines) is 1. The Morgan fingerprint density at radius 1 is 1.37 bits per heavy atom. The van der Waals surface area contributed by atoms with Crippen LogP contribution in [0.2, 0.25) is 5.02 Å².